The zero-order valence-corrected chi connectivity index (χ0v) is 15.4. The molecule has 0 aliphatic heterocycles. The number of hydrogen-bond acceptors (Lipinski definition) is 4. The molecule has 2 aromatic rings. The van der Waals surface area contributed by atoms with Crippen molar-refractivity contribution in [2.24, 2.45) is 0 Å². The van der Waals surface area contributed by atoms with Crippen molar-refractivity contribution in [2.45, 2.75) is 13.8 Å². The molecule has 25 heavy (non-hydrogen) atoms. The summed E-state index contributed by atoms with van der Waals surface area (Å²) in [5.74, 6) is 0. The van der Waals surface area contributed by atoms with Gasteiger partial charge >= 0.3 is 0 Å². The Kier molecular flexibility index (Phi) is 6.83. The molecule has 0 atom stereocenters. The standard InChI is InChI=1S/C20H24N2O2S/c1-3-21-19-9-5-7-17(15-19)11-13-25(23,24)14-12-18-8-6-10-20(16-18)22-4-2/h5-16,21-22H,3-4H2,1-2H3. The van der Waals surface area contributed by atoms with Crippen molar-refractivity contribution in [2.75, 3.05) is 23.7 Å². The first kappa shape index (κ1) is 18.8. The Morgan fingerprint density at radius 3 is 1.64 bits per heavy atom. The molecule has 0 fully saturated rings. The lowest BCUT2D eigenvalue weighted by Gasteiger charge is -2.03. The van der Waals surface area contributed by atoms with Crippen LogP contribution in [0.4, 0.5) is 11.4 Å². The summed E-state index contributed by atoms with van der Waals surface area (Å²) in [7, 11) is -3.43. The summed E-state index contributed by atoms with van der Waals surface area (Å²) in [5.41, 5.74) is 3.62. The zero-order valence-electron chi connectivity index (χ0n) is 14.6. The smallest absolute Gasteiger partial charge is 0.193 e. The molecule has 0 aliphatic rings. The Bertz CT molecular complexity index is 790. The highest BCUT2D eigenvalue weighted by molar-refractivity contribution is 7.97. The van der Waals surface area contributed by atoms with E-state index in [9.17, 15) is 8.42 Å². The third kappa shape index (κ3) is 6.47. The molecular weight excluding hydrogens is 332 g/mol. The van der Waals surface area contributed by atoms with Crippen molar-refractivity contribution in [1.29, 1.82) is 0 Å². The van der Waals surface area contributed by atoms with Crippen molar-refractivity contribution >= 4 is 33.4 Å². The second-order valence-corrected chi connectivity index (χ2v) is 7.23. The van der Waals surface area contributed by atoms with E-state index in [-0.39, 0.29) is 0 Å². The predicted molar refractivity (Wildman–Crippen MR) is 108 cm³/mol. The predicted octanol–water partition coefficient (Wildman–Crippen LogP) is 4.61. The minimum absolute atomic E-state index is 0.820. The maximum atomic E-state index is 12.2. The van der Waals surface area contributed by atoms with E-state index in [1.165, 1.54) is 10.8 Å². The van der Waals surface area contributed by atoms with Crippen LogP contribution in [-0.4, -0.2) is 21.5 Å². The van der Waals surface area contributed by atoms with E-state index >= 15 is 0 Å². The average molecular weight is 356 g/mol. The molecule has 0 unspecified atom stereocenters. The number of benzene rings is 2. The molecule has 0 heterocycles. The molecule has 2 rings (SSSR count). The number of sulfone groups is 1. The number of hydrogen-bond donors (Lipinski definition) is 2. The van der Waals surface area contributed by atoms with Crippen LogP contribution in [0.5, 0.6) is 0 Å². The summed E-state index contributed by atoms with van der Waals surface area (Å²) >= 11 is 0. The Labute approximate surface area is 150 Å². The highest BCUT2D eigenvalue weighted by atomic mass is 32.2. The van der Waals surface area contributed by atoms with Gasteiger partial charge in [0.25, 0.3) is 0 Å². The van der Waals surface area contributed by atoms with Gasteiger partial charge in [-0.15, -0.1) is 0 Å². The fourth-order valence-corrected chi connectivity index (χ4v) is 3.09. The van der Waals surface area contributed by atoms with Gasteiger partial charge in [0.05, 0.1) is 0 Å². The van der Waals surface area contributed by atoms with Gasteiger partial charge in [-0.3, -0.25) is 0 Å². The molecule has 0 saturated heterocycles. The van der Waals surface area contributed by atoms with Crippen LogP contribution in [0.1, 0.15) is 25.0 Å². The summed E-state index contributed by atoms with van der Waals surface area (Å²) < 4.78 is 24.4. The first-order valence-corrected chi connectivity index (χ1v) is 9.92. The van der Waals surface area contributed by atoms with E-state index in [0.717, 1.165) is 35.6 Å². The maximum Gasteiger partial charge on any atom is 0.193 e. The molecule has 0 aliphatic carbocycles. The molecular formula is C20H24N2O2S. The van der Waals surface area contributed by atoms with Gasteiger partial charge in [-0.1, -0.05) is 24.3 Å². The van der Waals surface area contributed by atoms with Crippen molar-refractivity contribution in [3.05, 3.63) is 70.5 Å². The van der Waals surface area contributed by atoms with Crippen LogP contribution in [0, 0.1) is 0 Å². The van der Waals surface area contributed by atoms with E-state index in [4.69, 9.17) is 0 Å². The highest BCUT2D eigenvalue weighted by Gasteiger charge is 2.01. The third-order valence-corrected chi connectivity index (χ3v) is 4.47. The number of nitrogens with one attached hydrogen (secondary N) is 2. The number of anilines is 2. The second-order valence-electron chi connectivity index (χ2n) is 5.51. The first-order valence-electron chi connectivity index (χ1n) is 8.31. The van der Waals surface area contributed by atoms with Crippen LogP contribution >= 0.6 is 0 Å². The van der Waals surface area contributed by atoms with Crippen LogP contribution in [0.15, 0.2) is 59.3 Å². The monoisotopic (exact) mass is 356 g/mol. The molecule has 4 nitrogen and oxygen atoms in total. The molecule has 0 aromatic heterocycles. The lowest BCUT2D eigenvalue weighted by molar-refractivity contribution is 0.613. The quantitative estimate of drug-likeness (QED) is 0.725. The van der Waals surface area contributed by atoms with E-state index < -0.39 is 9.84 Å². The van der Waals surface area contributed by atoms with Gasteiger partial charge in [-0.2, -0.15) is 0 Å². The van der Waals surface area contributed by atoms with E-state index in [1.807, 2.05) is 62.4 Å². The van der Waals surface area contributed by atoms with Gasteiger partial charge < -0.3 is 10.6 Å². The molecule has 132 valence electrons. The topological polar surface area (TPSA) is 58.2 Å². The molecule has 2 N–H and O–H groups in total. The first-order chi connectivity index (χ1) is 12.0. The number of rotatable bonds is 8. The van der Waals surface area contributed by atoms with Crippen LogP contribution in [0.2, 0.25) is 0 Å². The molecule has 0 saturated carbocycles. The second kappa shape index (κ2) is 9.08. The van der Waals surface area contributed by atoms with Gasteiger partial charge in [0.2, 0.25) is 0 Å². The lowest BCUT2D eigenvalue weighted by Crippen LogP contribution is -1.96. The Morgan fingerprint density at radius 1 is 0.800 bits per heavy atom. The molecule has 2 aromatic carbocycles. The van der Waals surface area contributed by atoms with Crippen LogP contribution < -0.4 is 10.6 Å². The van der Waals surface area contributed by atoms with Crippen LogP contribution in [-0.2, 0) is 9.84 Å². The van der Waals surface area contributed by atoms with E-state index in [0.29, 0.717) is 0 Å². The SMILES string of the molecule is CCNc1cccc(C=CS(=O)(=O)C=Cc2cccc(NCC)c2)c1. The van der Waals surface area contributed by atoms with Crippen molar-refractivity contribution < 1.29 is 8.42 Å². The van der Waals surface area contributed by atoms with Crippen LogP contribution in [0.25, 0.3) is 12.2 Å². The Hall–Kier alpha value is -2.53. The summed E-state index contributed by atoms with van der Waals surface area (Å²) in [5, 5.41) is 8.86. The summed E-state index contributed by atoms with van der Waals surface area (Å²) in [6.07, 6.45) is 3.21. The van der Waals surface area contributed by atoms with Gasteiger partial charge in [-0.05, 0) is 61.4 Å². The third-order valence-electron chi connectivity index (χ3n) is 3.44. The fraction of sp³-hybridized carbons (Fsp3) is 0.200. The average Bonchev–Trinajstić information content (AvgIpc) is 2.60. The van der Waals surface area contributed by atoms with Gasteiger partial charge in [0.15, 0.2) is 9.84 Å². The molecule has 0 bridgehead atoms. The Morgan fingerprint density at radius 2 is 1.24 bits per heavy atom. The van der Waals surface area contributed by atoms with Crippen molar-refractivity contribution in [3.63, 3.8) is 0 Å². The van der Waals surface area contributed by atoms with Gasteiger partial charge in [0.1, 0.15) is 0 Å². The largest absolute Gasteiger partial charge is 0.385 e. The molecule has 0 amide bonds. The normalized spacial score (nSPS) is 11.9. The van der Waals surface area contributed by atoms with E-state index in [2.05, 4.69) is 10.6 Å². The molecule has 0 radical (unpaired) electrons. The Balaban J connectivity index is 2.11. The summed E-state index contributed by atoms with van der Waals surface area (Å²) in [4.78, 5) is 0. The minimum Gasteiger partial charge on any atom is -0.385 e. The highest BCUT2D eigenvalue weighted by Crippen LogP contribution is 2.15. The van der Waals surface area contributed by atoms with Gasteiger partial charge in [-0.25, -0.2) is 8.42 Å². The zero-order chi connectivity index (χ0) is 18.1. The minimum atomic E-state index is -3.43. The van der Waals surface area contributed by atoms with Crippen LogP contribution in [0.3, 0.4) is 0 Å². The summed E-state index contributed by atoms with van der Waals surface area (Å²) in [6.45, 7) is 5.67. The lowest BCUT2D eigenvalue weighted by atomic mass is 10.2. The molecule has 0 spiro atoms. The van der Waals surface area contributed by atoms with E-state index in [1.54, 1.807) is 12.2 Å². The molecule has 5 heteroatoms. The van der Waals surface area contributed by atoms with Crippen molar-refractivity contribution in [3.8, 4) is 0 Å². The summed E-state index contributed by atoms with van der Waals surface area (Å²) in [6, 6.07) is 15.3. The van der Waals surface area contributed by atoms with Crippen molar-refractivity contribution in [1.82, 2.24) is 0 Å². The maximum absolute atomic E-state index is 12.2. The fourth-order valence-electron chi connectivity index (χ4n) is 2.31. The van der Waals surface area contributed by atoms with Gasteiger partial charge in [0, 0.05) is 35.3 Å².